The normalized spacial score (nSPS) is 14.3. The first kappa shape index (κ1) is 13.4. The van der Waals surface area contributed by atoms with Crippen molar-refractivity contribution in [2.75, 3.05) is 6.54 Å². The molecule has 0 radical (unpaired) electrons. The largest absolute Gasteiger partial charge is 0.480 e. The van der Waals surface area contributed by atoms with Crippen LogP contribution in [0.5, 0.6) is 0 Å². The van der Waals surface area contributed by atoms with E-state index < -0.39 is 41.4 Å². The van der Waals surface area contributed by atoms with E-state index in [-0.39, 0.29) is 6.04 Å². The third-order valence-corrected chi connectivity index (χ3v) is 2.78. The summed E-state index contributed by atoms with van der Waals surface area (Å²) < 4.78 is 38.9. The van der Waals surface area contributed by atoms with Crippen LogP contribution in [-0.4, -0.2) is 34.5 Å². The van der Waals surface area contributed by atoms with Crippen LogP contribution in [0.1, 0.15) is 23.2 Å². The van der Waals surface area contributed by atoms with Crippen LogP contribution in [0.25, 0.3) is 0 Å². The highest BCUT2D eigenvalue weighted by Crippen LogP contribution is 2.28. The van der Waals surface area contributed by atoms with Gasteiger partial charge in [0, 0.05) is 11.6 Å². The van der Waals surface area contributed by atoms with Gasteiger partial charge >= 0.3 is 5.97 Å². The summed E-state index contributed by atoms with van der Waals surface area (Å²) in [7, 11) is 0. The molecule has 7 heteroatoms. The van der Waals surface area contributed by atoms with Crippen LogP contribution in [-0.2, 0) is 4.79 Å². The number of nitrogens with zero attached hydrogens (tertiary/aromatic N) is 1. The summed E-state index contributed by atoms with van der Waals surface area (Å²) in [5.74, 6) is -6.65. The van der Waals surface area contributed by atoms with Gasteiger partial charge in [-0.15, -0.1) is 0 Å². The molecular formula is C12H10F3NO3. The Morgan fingerprint density at radius 2 is 1.74 bits per heavy atom. The van der Waals surface area contributed by atoms with Crippen molar-refractivity contribution in [1.82, 2.24) is 4.90 Å². The van der Waals surface area contributed by atoms with Crippen molar-refractivity contribution in [3.8, 4) is 0 Å². The van der Waals surface area contributed by atoms with Crippen molar-refractivity contribution in [3.05, 3.63) is 35.1 Å². The van der Waals surface area contributed by atoms with Crippen LogP contribution >= 0.6 is 0 Å². The van der Waals surface area contributed by atoms with E-state index in [0.29, 0.717) is 25.0 Å². The molecule has 0 bridgehead atoms. The summed E-state index contributed by atoms with van der Waals surface area (Å²) in [5.41, 5.74) is -0.399. The molecule has 0 atom stereocenters. The topological polar surface area (TPSA) is 57.6 Å². The van der Waals surface area contributed by atoms with E-state index in [0.717, 1.165) is 4.90 Å². The molecule has 0 aromatic heterocycles. The zero-order valence-corrected chi connectivity index (χ0v) is 9.70. The van der Waals surface area contributed by atoms with Gasteiger partial charge in [0.15, 0.2) is 17.5 Å². The number of rotatable bonds is 4. The van der Waals surface area contributed by atoms with Gasteiger partial charge < -0.3 is 10.0 Å². The van der Waals surface area contributed by atoms with Gasteiger partial charge in [0.1, 0.15) is 6.54 Å². The third kappa shape index (κ3) is 2.86. The SMILES string of the molecule is O=C(O)CN(C(=O)c1cc(F)c(F)c(F)c1)C1CC1. The molecule has 1 N–H and O–H groups in total. The third-order valence-electron chi connectivity index (χ3n) is 2.78. The maximum atomic E-state index is 13.0. The molecule has 2 rings (SSSR count). The molecule has 0 saturated heterocycles. The van der Waals surface area contributed by atoms with Gasteiger partial charge in [0.2, 0.25) is 0 Å². The van der Waals surface area contributed by atoms with E-state index in [9.17, 15) is 22.8 Å². The minimum atomic E-state index is -1.66. The van der Waals surface area contributed by atoms with Crippen molar-refractivity contribution in [3.63, 3.8) is 0 Å². The van der Waals surface area contributed by atoms with Gasteiger partial charge in [-0.25, -0.2) is 13.2 Å². The summed E-state index contributed by atoms with van der Waals surface area (Å²) in [4.78, 5) is 23.7. The molecule has 4 nitrogen and oxygen atoms in total. The van der Waals surface area contributed by atoms with E-state index in [1.54, 1.807) is 0 Å². The Morgan fingerprint density at radius 3 is 2.16 bits per heavy atom. The summed E-state index contributed by atoms with van der Waals surface area (Å²) in [6, 6.07) is 0.899. The maximum Gasteiger partial charge on any atom is 0.323 e. The fourth-order valence-electron chi connectivity index (χ4n) is 1.74. The van der Waals surface area contributed by atoms with Crippen LogP contribution in [0.3, 0.4) is 0 Å². The minimum absolute atomic E-state index is 0.236. The molecule has 19 heavy (non-hydrogen) atoms. The smallest absolute Gasteiger partial charge is 0.323 e. The number of carboxylic acids is 1. The van der Waals surface area contributed by atoms with Crippen LogP contribution in [0, 0.1) is 17.5 Å². The highest BCUT2D eigenvalue weighted by molar-refractivity contribution is 5.96. The van der Waals surface area contributed by atoms with Crippen LogP contribution in [0.15, 0.2) is 12.1 Å². The van der Waals surface area contributed by atoms with Gasteiger partial charge in [-0.05, 0) is 25.0 Å². The van der Waals surface area contributed by atoms with Crippen LogP contribution in [0.2, 0.25) is 0 Å². The first-order valence-corrected chi connectivity index (χ1v) is 5.57. The average molecular weight is 273 g/mol. The molecule has 1 saturated carbocycles. The Hall–Kier alpha value is -2.05. The van der Waals surface area contributed by atoms with Crippen molar-refractivity contribution in [2.24, 2.45) is 0 Å². The fourth-order valence-corrected chi connectivity index (χ4v) is 1.74. The average Bonchev–Trinajstić information content (AvgIpc) is 3.15. The van der Waals surface area contributed by atoms with Crippen LogP contribution in [0.4, 0.5) is 13.2 Å². The number of hydrogen-bond acceptors (Lipinski definition) is 2. The molecular weight excluding hydrogens is 263 g/mol. The van der Waals surface area contributed by atoms with E-state index in [1.807, 2.05) is 0 Å². The van der Waals surface area contributed by atoms with E-state index in [2.05, 4.69) is 0 Å². The molecule has 0 aliphatic heterocycles. The quantitative estimate of drug-likeness (QED) is 0.851. The molecule has 0 heterocycles. The Bertz CT molecular complexity index is 520. The van der Waals surface area contributed by atoms with Crippen molar-refractivity contribution >= 4 is 11.9 Å². The molecule has 102 valence electrons. The second kappa shape index (κ2) is 4.91. The highest BCUT2D eigenvalue weighted by Gasteiger charge is 2.34. The molecule has 1 fully saturated rings. The number of halogens is 3. The number of carbonyl (C=O) groups is 2. The maximum absolute atomic E-state index is 13.0. The zero-order valence-electron chi connectivity index (χ0n) is 9.70. The monoisotopic (exact) mass is 273 g/mol. The minimum Gasteiger partial charge on any atom is -0.480 e. The number of aliphatic carboxylic acids is 1. The summed E-state index contributed by atoms with van der Waals surface area (Å²) in [6.45, 7) is -0.551. The summed E-state index contributed by atoms with van der Waals surface area (Å²) >= 11 is 0. The molecule has 0 spiro atoms. The van der Waals surface area contributed by atoms with E-state index >= 15 is 0 Å². The number of hydrogen-bond donors (Lipinski definition) is 1. The second-order valence-electron chi connectivity index (χ2n) is 4.31. The lowest BCUT2D eigenvalue weighted by molar-refractivity contribution is -0.137. The molecule has 0 unspecified atom stereocenters. The van der Waals surface area contributed by atoms with E-state index in [1.165, 1.54) is 0 Å². The lowest BCUT2D eigenvalue weighted by atomic mass is 10.1. The van der Waals surface area contributed by atoms with E-state index in [4.69, 9.17) is 5.11 Å². The standard InChI is InChI=1S/C12H10F3NO3/c13-8-3-6(4-9(14)11(8)15)12(19)16(5-10(17)18)7-1-2-7/h3-4,7H,1-2,5H2,(H,17,18). The van der Waals surface area contributed by atoms with Crippen LogP contribution < -0.4 is 0 Å². The molecule has 1 aromatic rings. The molecule has 1 amide bonds. The number of amides is 1. The van der Waals surface area contributed by atoms with Crippen molar-refractivity contribution < 1.29 is 27.9 Å². The summed E-state index contributed by atoms with van der Waals surface area (Å²) in [5, 5.41) is 8.71. The zero-order chi connectivity index (χ0) is 14.2. The predicted octanol–water partition coefficient (Wildman–Crippen LogP) is 1.79. The van der Waals surface area contributed by atoms with Crippen molar-refractivity contribution in [1.29, 1.82) is 0 Å². The number of carbonyl (C=O) groups excluding carboxylic acids is 1. The summed E-state index contributed by atoms with van der Waals surface area (Å²) in [6.07, 6.45) is 1.29. The lowest BCUT2D eigenvalue weighted by Gasteiger charge is -2.20. The highest BCUT2D eigenvalue weighted by atomic mass is 19.2. The predicted molar refractivity (Wildman–Crippen MR) is 58.0 cm³/mol. The number of carboxylic acid groups (broad SMARTS) is 1. The Balaban J connectivity index is 2.28. The molecule has 1 aliphatic carbocycles. The van der Waals surface area contributed by atoms with Gasteiger partial charge in [-0.3, -0.25) is 9.59 Å². The Morgan fingerprint density at radius 1 is 1.21 bits per heavy atom. The van der Waals surface area contributed by atoms with Gasteiger partial charge in [-0.1, -0.05) is 0 Å². The lowest BCUT2D eigenvalue weighted by Crippen LogP contribution is -2.37. The fraction of sp³-hybridized carbons (Fsp3) is 0.333. The first-order valence-electron chi connectivity index (χ1n) is 5.57. The van der Waals surface area contributed by atoms with Gasteiger partial charge in [0.25, 0.3) is 5.91 Å². The first-order chi connectivity index (χ1) is 8.90. The molecule has 1 aromatic carbocycles. The Kier molecular flexibility index (Phi) is 3.46. The van der Waals surface area contributed by atoms with Gasteiger partial charge in [-0.2, -0.15) is 0 Å². The number of benzene rings is 1. The second-order valence-corrected chi connectivity index (χ2v) is 4.31. The van der Waals surface area contributed by atoms with Gasteiger partial charge in [0.05, 0.1) is 0 Å². The van der Waals surface area contributed by atoms with Crippen molar-refractivity contribution in [2.45, 2.75) is 18.9 Å². The Labute approximate surface area is 106 Å². The molecule has 1 aliphatic rings.